The van der Waals surface area contributed by atoms with Gasteiger partial charge in [0.25, 0.3) is 0 Å². The minimum absolute atomic E-state index is 0.183. The third kappa shape index (κ3) is 3.49. The smallest absolute Gasteiger partial charge is 0.143 e. The minimum Gasteiger partial charge on any atom is -0.371 e. The Morgan fingerprint density at radius 3 is 3.08 bits per heavy atom. The fourth-order valence-electron chi connectivity index (χ4n) is 1.28. The van der Waals surface area contributed by atoms with E-state index < -0.39 is 0 Å². The third-order valence-electron chi connectivity index (χ3n) is 1.88. The maximum absolute atomic E-state index is 8.33. The molecule has 1 aliphatic heterocycles. The van der Waals surface area contributed by atoms with Crippen LogP contribution in [0.4, 0.5) is 0 Å². The highest BCUT2D eigenvalue weighted by Crippen LogP contribution is 2.08. The topological polar surface area (TPSA) is 50.7 Å². The van der Waals surface area contributed by atoms with Gasteiger partial charge >= 0.3 is 0 Å². The molecule has 0 bridgehead atoms. The Balaban J connectivity index is 1.93. The summed E-state index contributed by atoms with van der Waals surface area (Å²) in [5, 5.41) is 11.6. The van der Waals surface area contributed by atoms with Crippen LogP contribution in [0.5, 0.6) is 0 Å². The molecule has 1 rings (SSSR count). The van der Waals surface area contributed by atoms with Crippen LogP contribution in [0.25, 0.3) is 0 Å². The van der Waals surface area contributed by atoms with Gasteiger partial charge in [0.15, 0.2) is 0 Å². The van der Waals surface area contributed by atoms with E-state index >= 15 is 0 Å². The maximum Gasteiger partial charge on any atom is 0.143 e. The Kier molecular flexibility index (Phi) is 4.53. The second-order valence-electron chi connectivity index (χ2n) is 3.02. The van der Waals surface area contributed by atoms with E-state index in [9.17, 15) is 0 Å². The Bertz CT molecular complexity index is 121. The zero-order valence-electron chi connectivity index (χ0n) is 7.45. The van der Waals surface area contributed by atoms with Crippen LogP contribution in [0.2, 0.25) is 0 Å². The Morgan fingerprint density at radius 1 is 1.67 bits per heavy atom. The predicted octanol–water partition coefficient (Wildman–Crippen LogP) is 0.0674. The summed E-state index contributed by atoms with van der Waals surface area (Å²) in [4.78, 5) is 0. The zero-order chi connectivity index (χ0) is 8.81. The molecule has 4 heteroatoms. The number of hydrogen-bond donors (Lipinski definition) is 2. The van der Waals surface area contributed by atoms with E-state index in [0.29, 0.717) is 12.7 Å². The van der Waals surface area contributed by atoms with Crippen LogP contribution in [0.15, 0.2) is 0 Å². The molecule has 0 aromatic rings. The van der Waals surface area contributed by atoms with E-state index in [0.717, 1.165) is 19.4 Å². The summed E-state index contributed by atoms with van der Waals surface area (Å²) in [7, 11) is 0. The van der Waals surface area contributed by atoms with Crippen molar-refractivity contribution in [3.63, 3.8) is 0 Å². The van der Waals surface area contributed by atoms with Crippen molar-refractivity contribution in [2.75, 3.05) is 19.9 Å². The molecule has 1 saturated heterocycles. The second kappa shape index (κ2) is 5.48. The molecule has 2 atom stereocenters. The van der Waals surface area contributed by atoms with Crippen molar-refractivity contribution in [1.82, 2.24) is 5.32 Å². The van der Waals surface area contributed by atoms with Gasteiger partial charge in [-0.15, -0.1) is 0 Å². The van der Waals surface area contributed by atoms with Gasteiger partial charge in [-0.05, 0) is 19.8 Å². The first-order valence-electron chi connectivity index (χ1n) is 4.40. The van der Waals surface area contributed by atoms with E-state index in [4.69, 9.17) is 14.6 Å². The molecule has 72 valence electrons. The van der Waals surface area contributed by atoms with Crippen LogP contribution in [0, 0.1) is 0 Å². The maximum atomic E-state index is 8.33. The van der Waals surface area contributed by atoms with Crippen LogP contribution in [-0.2, 0) is 9.47 Å². The average molecular weight is 175 g/mol. The fourth-order valence-corrected chi connectivity index (χ4v) is 1.28. The van der Waals surface area contributed by atoms with Gasteiger partial charge in [0.05, 0.1) is 6.10 Å². The molecule has 0 aromatic carbocycles. The minimum atomic E-state index is -0.185. The van der Waals surface area contributed by atoms with Crippen LogP contribution >= 0.6 is 0 Å². The lowest BCUT2D eigenvalue weighted by Crippen LogP contribution is -2.22. The molecule has 1 fully saturated rings. The van der Waals surface area contributed by atoms with Crippen molar-refractivity contribution in [2.45, 2.75) is 32.1 Å². The molecule has 0 aliphatic carbocycles. The normalized spacial score (nSPS) is 29.5. The average Bonchev–Trinajstić information content (AvgIpc) is 2.45. The number of rotatable bonds is 5. The van der Waals surface area contributed by atoms with Gasteiger partial charge in [0.2, 0.25) is 0 Å². The number of aliphatic hydroxyl groups is 1. The number of nitrogens with one attached hydrogen (secondary N) is 1. The van der Waals surface area contributed by atoms with E-state index in [2.05, 4.69) is 12.2 Å². The highest BCUT2D eigenvalue weighted by Gasteiger charge is 2.19. The van der Waals surface area contributed by atoms with Crippen molar-refractivity contribution >= 4 is 0 Å². The molecular formula is C8H17NO3. The van der Waals surface area contributed by atoms with Gasteiger partial charge in [-0.2, -0.15) is 0 Å². The summed E-state index contributed by atoms with van der Waals surface area (Å²) in [6, 6.07) is 0. The Hall–Kier alpha value is -0.160. The SMILES string of the molecule is CC1CNC(CCCOCO)O1. The van der Waals surface area contributed by atoms with Crippen LogP contribution in [-0.4, -0.2) is 37.4 Å². The van der Waals surface area contributed by atoms with Gasteiger partial charge in [-0.3, -0.25) is 5.32 Å². The molecule has 1 aliphatic rings. The predicted molar refractivity (Wildman–Crippen MR) is 44.6 cm³/mol. The summed E-state index contributed by atoms with van der Waals surface area (Å²) in [5.41, 5.74) is 0. The lowest BCUT2D eigenvalue weighted by Gasteiger charge is -2.09. The highest BCUT2D eigenvalue weighted by atomic mass is 16.6. The first-order chi connectivity index (χ1) is 5.83. The number of ether oxygens (including phenoxy) is 2. The largest absolute Gasteiger partial charge is 0.371 e. The molecule has 0 aromatic heterocycles. The van der Waals surface area contributed by atoms with Gasteiger partial charge < -0.3 is 14.6 Å². The summed E-state index contributed by atoms with van der Waals surface area (Å²) in [6.07, 6.45) is 2.38. The second-order valence-corrected chi connectivity index (χ2v) is 3.02. The molecule has 0 amide bonds. The van der Waals surface area contributed by atoms with Crippen molar-refractivity contribution in [2.24, 2.45) is 0 Å². The molecular weight excluding hydrogens is 158 g/mol. The first kappa shape index (κ1) is 9.92. The Morgan fingerprint density at radius 2 is 2.50 bits per heavy atom. The van der Waals surface area contributed by atoms with Crippen molar-refractivity contribution in [3.05, 3.63) is 0 Å². The van der Waals surface area contributed by atoms with E-state index in [1.165, 1.54) is 0 Å². The van der Waals surface area contributed by atoms with Gasteiger partial charge in [-0.1, -0.05) is 0 Å². The highest BCUT2D eigenvalue weighted by molar-refractivity contribution is 4.69. The number of aliphatic hydroxyl groups excluding tert-OH is 1. The molecule has 1 heterocycles. The standard InChI is InChI=1S/C8H17NO3/c1-7-5-9-8(12-7)3-2-4-11-6-10/h7-10H,2-6H2,1H3. The molecule has 0 saturated carbocycles. The summed E-state index contributed by atoms with van der Waals surface area (Å²) in [6.45, 7) is 3.41. The molecule has 0 spiro atoms. The quantitative estimate of drug-likeness (QED) is 0.458. The van der Waals surface area contributed by atoms with Crippen molar-refractivity contribution in [1.29, 1.82) is 0 Å². The monoisotopic (exact) mass is 175 g/mol. The number of hydrogen-bond acceptors (Lipinski definition) is 4. The summed E-state index contributed by atoms with van der Waals surface area (Å²) in [5.74, 6) is 0. The van der Waals surface area contributed by atoms with Gasteiger partial charge in [-0.25, -0.2) is 0 Å². The first-order valence-corrected chi connectivity index (χ1v) is 4.40. The van der Waals surface area contributed by atoms with Crippen LogP contribution < -0.4 is 5.32 Å². The summed E-state index contributed by atoms with van der Waals surface area (Å²) < 4.78 is 10.3. The fraction of sp³-hybridized carbons (Fsp3) is 1.00. The van der Waals surface area contributed by atoms with Crippen molar-refractivity contribution < 1.29 is 14.6 Å². The van der Waals surface area contributed by atoms with E-state index in [-0.39, 0.29) is 13.0 Å². The molecule has 12 heavy (non-hydrogen) atoms. The lowest BCUT2D eigenvalue weighted by molar-refractivity contribution is -0.0114. The van der Waals surface area contributed by atoms with Crippen LogP contribution in [0.1, 0.15) is 19.8 Å². The zero-order valence-corrected chi connectivity index (χ0v) is 7.45. The third-order valence-corrected chi connectivity index (χ3v) is 1.88. The van der Waals surface area contributed by atoms with Gasteiger partial charge in [0, 0.05) is 13.2 Å². The lowest BCUT2D eigenvalue weighted by atomic mass is 10.3. The van der Waals surface area contributed by atoms with Crippen molar-refractivity contribution in [3.8, 4) is 0 Å². The van der Waals surface area contributed by atoms with Gasteiger partial charge in [0.1, 0.15) is 13.0 Å². The van der Waals surface area contributed by atoms with Crippen LogP contribution in [0.3, 0.4) is 0 Å². The van der Waals surface area contributed by atoms with E-state index in [1.807, 2.05) is 0 Å². The van der Waals surface area contributed by atoms with E-state index in [1.54, 1.807) is 0 Å². The molecule has 0 radical (unpaired) electrons. The summed E-state index contributed by atoms with van der Waals surface area (Å²) >= 11 is 0. The molecule has 2 N–H and O–H groups in total. The Labute approximate surface area is 72.9 Å². The molecule has 2 unspecified atom stereocenters. The molecule has 4 nitrogen and oxygen atoms in total.